The highest BCUT2D eigenvalue weighted by Crippen LogP contribution is 2.41. The Hall–Kier alpha value is -1.04. The second kappa shape index (κ2) is 5.53. The molecule has 1 aliphatic carbocycles. The van der Waals surface area contributed by atoms with Crippen molar-refractivity contribution in [2.75, 3.05) is 7.05 Å². The first kappa shape index (κ1) is 14.0. The third-order valence-corrected chi connectivity index (χ3v) is 4.20. The fourth-order valence-corrected chi connectivity index (χ4v) is 2.68. The lowest BCUT2D eigenvalue weighted by atomic mass is 9.68. The average Bonchev–Trinajstić information content (AvgIpc) is 2.27. The summed E-state index contributed by atoms with van der Waals surface area (Å²) in [6.45, 7) is 6.33. The molecule has 0 aromatic rings. The Morgan fingerprint density at radius 1 is 1.53 bits per heavy atom. The lowest BCUT2D eigenvalue weighted by Gasteiger charge is -2.40. The summed E-state index contributed by atoms with van der Waals surface area (Å²) < 4.78 is 0. The zero-order valence-corrected chi connectivity index (χ0v) is 11.5. The number of nitriles is 1. The summed E-state index contributed by atoms with van der Waals surface area (Å²) >= 11 is 0. The van der Waals surface area contributed by atoms with Crippen LogP contribution in [0.1, 0.15) is 52.9 Å². The third kappa shape index (κ3) is 3.21. The molecular formula is C14H24N2O. The van der Waals surface area contributed by atoms with Crippen LogP contribution >= 0.6 is 0 Å². The van der Waals surface area contributed by atoms with Crippen LogP contribution in [0.25, 0.3) is 0 Å². The van der Waals surface area contributed by atoms with E-state index in [1.165, 1.54) is 6.42 Å². The van der Waals surface area contributed by atoms with Crippen LogP contribution in [0.3, 0.4) is 0 Å². The van der Waals surface area contributed by atoms with E-state index in [0.717, 1.165) is 19.3 Å². The quantitative estimate of drug-likeness (QED) is 0.756. The Morgan fingerprint density at radius 3 is 2.71 bits per heavy atom. The second-order valence-electron chi connectivity index (χ2n) is 5.95. The van der Waals surface area contributed by atoms with Crippen LogP contribution in [0.4, 0.5) is 0 Å². The molecule has 96 valence electrons. The maximum Gasteiger partial charge on any atom is 0.226 e. The minimum atomic E-state index is 0.0187. The zero-order chi connectivity index (χ0) is 13.1. The van der Waals surface area contributed by atoms with Crippen LogP contribution in [0.15, 0.2) is 0 Å². The molecule has 1 saturated carbocycles. The van der Waals surface area contributed by atoms with Gasteiger partial charge in [-0.2, -0.15) is 5.26 Å². The zero-order valence-electron chi connectivity index (χ0n) is 11.5. The first-order valence-corrected chi connectivity index (χ1v) is 6.54. The topological polar surface area (TPSA) is 44.1 Å². The molecule has 0 bridgehead atoms. The van der Waals surface area contributed by atoms with Crippen LogP contribution < -0.4 is 0 Å². The normalized spacial score (nSPS) is 24.8. The Morgan fingerprint density at radius 2 is 2.18 bits per heavy atom. The molecular weight excluding hydrogens is 212 g/mol. The molecule has 0 radical (unpaired) electrons. The second-order valence-corrected chi connectivity index (χ2v) is 5.95. The molecule has 0 heterocycles. The van der Waals surface area contributed by atoms with Crippen LogP contribution in [0.5, 0.6) is 0 Å². The van der Waals surface area contributed by atoms with E-state index in [0.29, 0.717) is 6.42 Å². The van der Waals surface area contributed by atoms with E-state index in [2.05, 4.69) is 19.9 Å². The highest BCUT2D eigenvalue weighted by molar-refractivity contribution is 5.79. The van der Waals surface area contributed by atoms with Crippen molar-refractivity contribution in [1.29, 1.82) is 5.26 Å². The van der Waals surface area contributed by atoms with Crippen molar-refractivity contribution in [3.8, 4) is 6.07 Å². The molecule has 1 aliphatic rings. The van der Waals surface area contributed by atoms with Crippen molar-refractivity contribution in [3.63, 3.8) is 0 Å². The molecule has 2 atom stereocenters. The first-order valence-electron chi connectivity index (χ1n) is 6.54. The van der Waals surface area contributed by atoms with Crippen molar-refractivity contribution < 1.29 is 4.79 Å². The molecule has 0 aliphatic heterocycles. The van der Waals surface area contributed by atoms with E-state index in [4.69, 9.17) is 5.26 Å². The number of carbonyl (C=O) groups is 1. The highest BCUT2D eigenvalue weighted by Gasteiger charge is 2.39. The van der Waals surface area contributed by atoms with E-state index < -0.39 is 0 Å². The van der Waals surface area contributed by atoms with Crippen LogP contribution in [0, 0.1) is 22.7 Å². The van der Waals surface area contributed by atoms with Gasteiger partial charge in [0.15, 0.2) is 0 Å². The van der Waals surface area contributed by atoms with Gasteiger partial charge in [-0.15, -0.1) is 0 Å². The maximum absolute atomic E-state index is 12.4. The van der Waals surface area contributed by atoms with Crippen molar-refractivity contribution in [3.05, 3.63) is 0 Å². The molecule has 2 unspecified atom stereocenters. The van der Waals surface area contributed by atoms with E-state index in [9.17, 15) is 4.79 Å². The molecule has 1 amide bonds. The number of amides is 1. The van der Waals surface area contributed by atoms with Gasteiger partial charge in [0.1, 0.15) is 0 Å². The molecule has 3 nitrogen and oxygen atoms in total. The van der Waals surface area contributed by atoms with Crippen molar-refractivity contribution in [2.24, 2.45) is 11.3 Å². The monoisotopic (exact) mass is 236 g/mol. The lowest BCUT2D eigenvalue weighted by Crippen LogP contribution is -2.45. The summed E-state index contributed by atoms with van der Waals surface area (Å²) in [4.78, 5) is 14.2. The molecule has 3 heteroatoms. The van der Waals surface area contributed by atoms with E-state index >= 15 is 0 Å². The molecule has 0 spiro atoms. The van der Waals surface area contributed by atoms with Gasteiger partial charge in [-0.1, -0.05) is 26.7 Å². The van der Waals surface area contributed by atoms with Gasteiger partial charge in [-0.3, -0.25) is 4.79 Å². The predicted octanol–water partition coefficient (Wildman–Crippen LogP) is 2.96. The highest BCUT2D eigenvalue weighted by atomic mass is 16.2. The van der Waals surface area contributed by atoms with Crippen LogP contribution in [-0.4, -0.2) is 23.9 Å². The fraction of sp³-hybridized carbons (Fsp3) is 0.857. The van der Waals surface area contributed by atoms with Gasteiger partial charge in [0, 0.05) is 19.0 Å². The number of nitrogens with zero attached hydrogens (tertiary/aromatic N) is 2. The van der Waals surface area contributed by atoms with E-state index in [1.54, 1.807) is 4.90 Å². The standard InChI is InChI=1S/C14H24N2O/c1-11(8-10-15)16(4)13(17)12-7-5-6-9-14(12,2)3/h11-12H,5-9H2,1-4H3. The molecule has 0 N–H and O–H groups in total. The van der Waals surface area contributed by atoms with Gasteiger partial charge in [-0.25, -0.2) is 0 Å². The third-order valence-electron chi connectivity index (χ3n) is 4.20. The number of hydrogen-bond acceptors (Lipinski definition) is 2. The van der Waals surface area contributed by atoms with Gasteiger partial charge >= 0.3 is 0 Å². The van der Waals surface area contributed by atoms with Gasteiger partial charge in [-0.05, 0) is 25.2 Å². The Balaban J connectivity index is 2.71. The molecule has 1 fully saturated rings. The summed E-state index contributed by atoms with van der Waals surface area (Å²) in [6.07, 6.45) is 4.92. The Labute approximate surface area is 105 Å². The van der Waals surface area contributed by atoms with Gasteiger partial charge in [0.2, 0.25) is 5.91 Å². The number of rotatable bonds is 3. The molecule has 17 heavy (non-hydrogen) atoms. The lowest BCUT2D eigenvalue weighted by molar-refractivity contribution is -0.141. The first-order chi connectivity index (χ1) is 7.90. The van der Waals surface area contributed by atoms with Crippen molar-refractivity contribution in [2.45, 2.75) is 58.9 Å². The average molecular weight is 236 g/mol. The summed E-state index contributed by atoms with van der Waals surface area (Å²) in [5, 5.41) is 8.69. The van der Waals surface area contributed by atoms with E-state index in [1.807, 2.05) is 14.0 Å². The maximum atomic E-state index is 12.4. The summed E-state index contributed by atoms with van der Waals surface area (Å²) in [6, 6.07) is 2.15. The van der Waals surface area contributed by atoms with E-state index in [-0.39, 0.29) is 23.3 Å². The van der Waals surface area contributed by atoms with Gasteiger partial charge in [0.25, 0.3) is 0 Å². The molecule has 0 saturated heterocycles. The summed E-state index contributed by atoms with van der Waals surface area (Å²) in [5.41, 5.74) is 0.107. The molecule has 1 rings (SSSR count). The summed E-state index contributed by atoms with van der Waals surface area (Å²) in [5.74, 6) is 0.347. The largest absolute Gasteiger partial charge is 0.342 e. The van der Waals surface area contributed by atoms with Crippen LogP contribution in [0.2, 0.25) is 0 Å². The van der Waals surface area contributed by atoms with Gasteiger partial charge in [0.05, 0.1) is 12.5 Å². The summed E-state index contributed by atoms with van der Waals surface area (Å²) in [7, 11) is 1.83. The molecule has 0 aromatic carbocycles. The number of hydrogen-bond donors (Lipinski definition) is 0. The van der Waals surface area contributed by atoms with Gasteiger partial charge < -0.3 is 4.90 Å². The number of carbonyl (C=O) groups excluding carboxylic acids is 1. The molecule has 0 aromatic heterocycles. The smallest absolute Gasteiger partial charge is 0.226 e. The Kier molecular flexibility index (Phi) is 4.56. The predicted molar refractivity (Wildman–Crippen MR) is 68.2 cm³/mol. The minimum Gasteiger partial charge on any atom is -0.342 e. The van der Waals surface area contributed by atoms with Crippen molar-refractivity contribution >= 4 is 5.91 Å². The minimum absolute atomic E-state index is 0.0187. The SMILES string of the molecule is CC(CC#N)N(C)C(=O)C1CCCCC1(C)C. The Bertz CT molecular complexity index is 317. The van der Waals surface area contributed by atoms with Crippen LogP contribution in [-0.2, 0) is 4.79 Å². The van der Waals surface area contributed by atoms with Crippen molar-refractivity contribution in [1.82, 2.24) is 4.90 Å². The fourth-order valence-electron chi connectivity index (χ4n) is 2.68.